The summed E-state index contributed by atoms with van der Waals surface area (Å²) in [5, 5.41) is -0.489. The molecule has 11 heavy (non-hydrogen) atoms. The third-order valence-electron chi connectivity index (χ3n) is 1.20. The molecule has 0 radical (unpaired) electrons. The van der Waals surface area contributed by atoms with E-state index in [1.165, 1.54) is 0 Å². The van der Waals surface area contributed by atoms with E-state index in [0.29, 0.717) is 15.7 Å². The van der Waals surface area contributed by atoms with Crippen LogP contribution in [0.4, 0.5) is 5.69 Å². The number of nitrogen functional groups attached to an aromatic ring is 1. The van der Waals surface area contributed by atoms with Crippen molar-refractivity contribution in [3.8, 4) is 0 Å². The Balaban J connectivity index is 3.20. The molecule has 0 aliphatic rings. The molecule has 0 unspecified atom stereocenters. The number of nitrogens with two attached hydrogens (primary N) is 1. The lowest BCUT2D eigenvalue weighted by Crippen LogP contribution is -1.92. The minimum absolute atomic E-state index is 0.431. The number of benzene rings is 1. The van der Waals surface area contributed by atoms with Crippen LogP contribution in [0.5, 0.6) is 0 Å². The first kappa shape index (κ1) is 8.56. The minimum Gasteiger partial charge on any atom is -0.399 e. The van der Waals surface area contributed by atoms with Crippen LogP contribution in [0.1, 0.15) is 10.4 Å². The second-order valence-electron chi connectivity index (χ2n) is 2.01. The van der Waals surface area contributed by atoms with Crippen LogP contribution in [0, 0.1) is 0 Å². The third kappa shape index (κ3) is 1.94. The summed E-state index contributed by atoms with van der Waals surface area (Å²) < 4.78 is 0.623. The Hall–Kier alpha value is -0.540. The lowest BCUT2D eigenvalue weighted by Gasteiger charge is -1.98. The van der Waals surface area contributed by atoms with Crippen molar-refractivity contribution in [2.75, 3.05) is 5.73 Å². The maximum absolute atomic E-state index is 10.7. The first-order chi connectivity index (χ1) is 5.11. The summed E-state index contributed by atoms with van der Waals surface area (Å²) in [7, 11) is 0. The van der Waals surface area contributed by atoms with Crippen molar-refractivity contribution < 1.29 is 4.79 Å². The zero-order chi connectivity index (χ0) is 8.43. The maximum atomic E-state index is 10.7. The molecule has 0 amide bonds. The molecule has 58 valence electrons. The Kier molecular flexibility index (Phi) is 2.52. The Morgan fingerprint density at radius 3 is 2.64 bits per heavy atom. The van der Waals surface area contributed by atoms with E-state index < -0.39 is 5.24 Å². The highest BCUT2D eigenvalue weighted by Gasteiger charge is 2.05. The van der Waals surface area contributed by atoms with Crippen molar-refractivity contribution in [3.05, 3.63) is 28.2 Å². The molecule has 0 aliphatic heterocycles. The molecule has 0 aliphatic carbocycles. The van der Waals surface area contributed by atoms with Gasteiger partial charge in [-0.25, -0.2) is 0 Å². The number of anilines is 1. The lowest BCUT2D eigenvalue weighted by molar-refractivity contribution is 0.108. The average molecular weight is 234 g/mol. The van der Waals surface area contributed by atoms with Crippen LogP contribution < -0.4 is 5.73 Å². The van der Waals surface area contributed by atoms with Gasteiger partial charge in [0.15, 0.2) is 0 Å². The van der Waals surface area contributed by atoms with Gasteiger partial charge in [0, 0.05) is 15.7 Å². The first-order valence-corrected chi connectivity index (χ1v) is 4.03. The summed E-state index contributed by atoms with van der Waals surface area (Å²) in [5.41, 5.74) is 6.47. The maximum Gasteiger partial charge on any atom is 0.253 e. The van der Waals surface area contributed by atoms with Crippen molar-refractivity contribution in [3.63, 3.8) is 0 Å². The number of carbonyl (C=O) groups is 1. The van der Waals surface area contributed by atoms with Crippen molar-refractivity contribution in [2.45, 2.75) is 0 Å². The summed E-state index contributed by atoms with van der Waals surface area (Å²) in [6.07, 6.45) is 0. The number of halogens is 2. The summed E-state index contributed by atoms with van der Waals surface area (Å²) >= 11 is 8.41. The Bertz CT molecular complexity index is 300. The second-order valence-corrected chi connectivity index (χ2v) is 3.21. The topological polar surface area (TPSA) is 43.1 Å². The molecule has 0 aromatic heterocycles. The van der Waals surface area contributed by atoms with E-state index in [1.807, 2.05) is 0 Å². The van der Waals surface area contributed by atoms with Crippen molar-refractivity contribution in [1.82, 2.24) is 0 Å². The molecule has 0 spiro atoms. The Morgan fingerprint density at radius 1 is 1.55 bits per heavy atom. The van der Waals surface area contributed by atoms with E-state index in [1.54, 1.807) is 18.2 Å². The standard InChI is InChI=1S/C7H5BrClNO/c8-6-3-4(10)1-2-5(6)7(9)11/h1-3H,10H2. The van der Waals surface area contributed by atoms with Gasteiger partial charge >= 0.3 is 0 Å². The highest BCUT2D eigenvalue weighted by molar-refractivity contribution is 9.10. The van der Waals surface area contributed by atoms with Crippen LogP contribution >= 0.6 is 27.5 Å². The molecule has 0 saturated carbocycles. The van der Waals surface area contributed by atoms with Crippen molar-refractivity contribution >= 4 is 38.5 Å². The summed E-state index contributed by atoms with van der Waals surface area (Å²) in [6.45, 7) is 0. The molecule has 2 N–H and O–H groups in total. The molecule has 1 aromatic carbocycles. The second kappa shape index (κ2) is 3.24. The number of hydrogen-bond acceptors (Lipinski definition) is 2. The van der Waals surface area contributed by atoms with Crippen LogP contribution in [-0.4, -0.2) is 5.24 Å². The molecule has 2 nitrogen and oxygen atoms in total. The molecule has 1 rings (SSSR count). The predicted octanol–water partition coefficient (Wildman–Crippen LogP) is 2.41. The predicted molar refractivity (Wildman–Crippen MR) is 48.7 cm³/mol. The van der Waals surface area contributed by atoms with E-state index in [2.05, 4.69) is 15.9 Å². The largest absolute Gasteiger partial charge is 0.399 e. The number of carbonyl (C=O) groups excluding carboxylic acids is 1. The van der Waals surface area contributed by atoms with E-state index >= 15 is 0 Å². The van der Waals surface area contributed by atoms with Gasteiger partial charge in [0.25, 0.3) is 5.24 Å². The Morgan fingerprint density at radius 2 is 2.18 bits per heavy atom. The van der Waals surface area contributed by atoms with Crippen LogP contribution in [0.2, 0.25) is 0 Å². The highest BCUT2D eigenvalue weighted by atomic mass is 79.9. The highest BCUT2D eigenvalue weighted by Crippen LogP contribution is 2.20. The van der Waals surface area contributed by atoms with Gasteiger partial charge < -0.3 is 5.73 Å². The average Bonchev–Trinajstić information content (AvgIpc) is 1.85. The SMILES string of the molecule is Nc1ccc(C(=O)Cl)c(Br)c1. The van der Waals surface area contributed by atoms with Gasteiger partial charge in [-0.15, -0.1) is 0 Å². The van der Waals surface area contributed by atoms with Gasteiger partial charge in [0.2, 0.25) is 0 Å². The third-order valence-corrected chi connectivity index (χ3v) is 2.06. The molecule has 0 fully saturated rings. The fourth-order valence-corrected chi connectivity index (χ4v) is 1.55. The Labute approximate surface area is 77.5 Å². The molecule has 0 saturated heterocycles. The smallest absolute Gasteiger partial charge is 0.253 e. The molecule has 4 heteroatoms. The van der Waals surface area contributed by atoms with E-state index in [4.69, 9.17) is 17.3 Å². The zero-order valence-corrected chi connectivity index (χ0v) is 7.82. The molecular weight excluding hydrogens is 229 g/mol. The van der Waals surface area contributed by atoms with Gasteiger partial charge in [-0.1, -0.05) is 0 Å². The van der Waals surface area contributed by atoms with E-state index in [9.17, 15) is 4.79 Å². The van der Waals surface area contributed by atoms with Crippen LogP contribution in [0.3, 0.4) is 0 Å². The van der Waals surface area contributed by atoms with Crippen molar-refractivity contribution in [2.24, 2.45) is 0 Å². The lowest BCUT2D eigenvalue weighted by atomic mass is 10.2. The van der Waals surface area contributed by atoms with Gasteiger partial charge in [-0.2, -0.15) is 0 Å². The van der Waals surface area contributed by atoms with Crippen molar-refractivity contribution in [1.29, 1.82) is 0 Å². The molecule has 0 heterocycles. The van der Waals surface area contributed by atoms with Gasteiger partial charge in [-0.3, -0.25) is 4.79 Å². The monoisotopic (exact) mass is 233 g/mol. The number of hydrogen-bond donors (Lipinski definition) is 1. The van der Waals surface area contributed by atoms with Gasteiger partial charge in [0.1, 0.15) is 0 Å². The normalized spacial score (nSPS) is 9.64. The summed E-state index contributed by atoms with van der Waals surface area (Å²) in [6, 6.07) is 4.84. The summed E-state index contributed by atoms with van der Waals surface area (Å²) in [4.78, 5) is 10.7. The first-order valence-electron chi connectivity index (χ1n) is 2.86. The van der Waals surface area contributed by atoms with Crippen LogP contribution in [-0.2, 0) is 0 Å². The summed E-state index contributed by atoms with van der Waals surface area (Å²) in [5.74, 6) is 0. The fourth-order valence-electron chi connectivity index (χ4n) is 0.691. The molecule has 0 bridgehead atoms. The molecular formula is C7H5BrClNO. The van der Waals surface area contributed by atoms with Crippen LogP contribution in [0.25, 0.3) is 0 Å². The molecule has 1 aromatic rings. The number of rotatable bonds is 1. The van der Waals surface area contributed by atoms with E-state index in [0.717, 1.165) is 0 Å². The minimum atomic E-state index is -0.489. The molecule has 0 atom stereocenters. The van der Waals surface area contributed by atoms with Gasteiger partial charge in [0.05, 0.1) is 0 Å². The fraction of sp³-hybridized carbons (Fsp3) is 0. The van der Waals surface area contributed by atoms with E-state index in [-0.39, 0.29) is 0 Å². The van der Waals surface area contributed by atoms with Gasteiger partial charge in [-0.05, 0) is 45.7 Å². The quantitative estimate of drug-likeness (QED) is 0.599. The van der Waals surface area contributed by atoms with Crippen LogP contribution in [0.15, 0.2) is 22.7 Å². The zero-order valence-electron chi connectivity index (χ0n) is 5.47.